The lowest BCUT2D eigenvalue weighted by molar-refractivity contribution is 0.0924. The fraction of sp³-hybridized carbons (Fsp3) is 0.0833. The summed E-state index contributed by atoms with van der Waals surface area (Å²) in [6.07, 6.45) is 4.77. The third kappa shape index (κ3) is 4.13. The van der Waals surface area contributed by atoms with Gasteiger partial charge in [-0.1, -0.05) is 60.3 Å². The van der Waals surface area contributed by atoms with Crippen molar-refractivity contribution in [1.82, 2.24) is 20.3 Å². The van der Waals surface area contributed by atoms with Gasteiger partial charge >= 0.3 is 0 Å². The molecule has 1 amide bonds. The van der Waals surface area contributed by atoms with Crippen LogP contribution in [-0.4, -0.2) is 20.9 Å². The zero-order valence-corrected chi connectivity index (χ0v) is 17.7. The van der Waals surface area contributed by atoms with E-state index < -0.39 is 0 Å². The summed E-state index contributed by atoms with van der Waals surface area (Å²) in [7, 11) is 0. The molecule has 0 spiro atoms. The standard InChI is InChI=1S/C24H18N4O3S/c29-23(27-13-19-21(30-15-28-19)16-7-2-1-3-8-16)22-18(14-32-24-25-11-6-12-26-24)17-9-4-5-10-20(17)31-22/h1-12,15H,13-14H2,(H,27,29). The number of oxazole rings is 1. The summed E-state index contributed by atoms with van der Waals surface area (Å²) in [5.74, 6) is 1.10. The second-order valence-electron chi connectivity index (χ2n) is 6.90. The van der Waals surface area contributed by atoms with Gasteiger partial charge in [-0.05, 0) is 12.1 Å². The van der Waals surface area contributed by atoms with Crippen molar-refractivity contribution >= 4 is 28.6 Å². The predicted molar refractivity (Wildman–Crippen MR) is 121 cm³/mol. The Kier molecular flexibility index (Phi) is 5.67. The number of para-hydroxylation sites is 1. The number of carbonyl (C=O) groups is 1. The molecule has 0 atom stereocenters. The molecule has 0 fully saturated rings. The third-order valence-corrected chi connectivity index (χ3v) is 5.79. The first-order valence-electron chi connectivity index (χ1n) is 9.96. The first-order valence-corrected chi connectivity index (χ1v) is 10.9. The number of thioether (sulfide) groups is 1. The van der Waals surface area contributed by atoms with E-state index in [1.807, 2.05) is 54.6 Å². The van der Waals surface area contributed by atoms with Crippen LogP contribution in [0.5, 0.6) is 0 Å². The van der Waals surface area contributed by atoms with Gasteiger partial charge in [0.15, 0.2) is 23.1 Å². The van der Waals surface area contributed by atoms with E-state index in [9.17, 15) is 4.79 Å². The van der Waals surface area contributed by atoms with Crippen molar-refractivity contribution in [3.63, 3.8) is 0 Å². The molecule has 32 heavy (non-hydrogen) atoms. The van der Waals surface area contributed by atoms with Gasteiger partial charge in [0, 0.05) is 34.7 Å². The lowest BCUT2D eigenvalue weighted by Gasteiger charge is -2.05. The summed E-state index contributed by atoms with van der Waals surface area (Å²) in [4.78, 5) is 25.8. The van der Waals surface area contributed by atoms with Gasteiger partial charge in [-0.3, -0.25) is 4.79 Å². The van der Waals surface area contributed by atoms with E-state index in [0.29, 0.717) is 27.9 Å². The van der Waals surface area contributed by atoms with Gasteiger partial charge in [0.1, 0.15) is 11.3 Å². The van der Waals surface area contributed by atoms with Crippen molar-refractivity contribution in [1.29, 1.82) is 0 Å². The molecule has 0 aliphatic heterocycles. The Labute approximate surface area is 187 Å². The van der Waals surface area contributed by atoms with E-state index in [1.165, 1.54) is 18.2 Å². The number of aromatic nitrogens is 3. The number of nitrogens with zero attached hydrogens (tertiary/aromatic N) is 3. The highest BCUT2D eigenvalue weighted by molar-refractivity contribution is 7.98. The molecule has 5 rings (SSSR count). The number of hydrogen-bond acceptors (Lipinski definition) is 7. The van der Waals surface area contributed by atoms with Crippen LogP contribution in [0.1, 0.15) is 21.8 Å². The molecular formula is C24H18N4O3S. The van der Waals surface area contributed by atoms with Crippen LogP contribution in [0.3, 0.4) is 0 Å². The molecule has 3 aromatic heterocycles. The molecule has 8 heteroatoms. The van der Waals surface area contributed by atoms with Crippen molar-refractivity contribution in [2.24, 2.45) is 0 Å². The van der Waals surface area contributed by atoms with E-state index in [0.717, 1.165) is 16.5 Å². The minimum Gasteiger partial charge on any atom is -0.451 e. The summed E-state index contributed by atoms with van der Waals surface area (Å²) in [6.45, 7) is 0.213. The lowest BCUT2D eigenvalue weighted by Crippen LogP contribution is -2.23. The zero-order chi connectivity index (χ0) is 21.8. The Bertz CT molecular complexity index is 1350. The van der Waals surface area contributed by atoms with Gasteiger partial charge in [0.25, 0.3) is 5.91 Å². The van der Waals surface area contributed by atoms with Crippen LogP contribution < -0.4 is 5.32 Å². The van der Waals surface area contributed by atoms with Gasteiger partial charge in [-0.25, -0.2) is 15.0 Å². The van der Waals surface area contributed by atoms with Gasteiger partial charge in [0.2, 0.25) is 0 Å². The summed E-state index contributed by atoms with van der Waals surface area (Å²) in [5, 5.41) is 4.45. The summed E-state index contributed by atoms with van der Waals surface area (Å²) < 4.78 is 11.5. The zero-order valence-electron chi connectivity index (χ0n) is 16.9. The summed E-state index contributed by atoms with van der Waals surface area (Å²) in [5.41, 5.74) is 3.01. The molecule has 158 valence electrons. The van der Waals surface area contributed by atoms with Crippen molar-refractivity contribution in [2.75, 3.05) is 0 Å². The molecule has 0 saturated heterocycles. The van der Waals surface area contributed by atoms with Crippen LogP contribution in [0.4, 0.5) is 0 Å². The summed E-state index contributed by atoms with van der Waals surface area (Å²) in [6, 6.07) is 19.0. The molecule has 0 radical (unpaired) electrons. The number of carbonyl (C=O) groups excluding carboxylic acids is 1. The van der Waals surface area contributed by atoms with E-state index in [2.05, 4.69) is 20.3 Å². The smallest absolute Gasteiger partial charge is 0.287 e. The molecule has 5 aromatic rings. The minimum atomic E-state index is -0.312. The normalized spacial score (nSPS) is 11.0. The minimum absolute atomic E-state index is 0.213. The molecule has 0 bridgehead atoms. The van der Waals surface area contributed by atoms with Gasteiger partial charge in [-0.15, -0.1) is 0 Å². The number of benzene rings is 2. The maximum absolute atomic E-state index is 13.1. The Hall–Kier alpha value is -3.91. The van der Waals surface area contributed by atoms with Crippen LogP contribution in [0.25, 0.3) is 22.3 Å². The van der Waals surface area contributed by atoms with Crippen LogP contribution in [-0.2, 0) is 12.3 Å². The highest BCUT2D eigenvalue weighted by Gasteiger charge is 2.22. The van der Waals surface area contributed by atoms with Gasteiger partial charge in [0.05, 0.1) is 6.54 Å². The lowest BCUT2D eigenvalue weighted by atomic mass is 10.1. The molecule has 0 unspecified atom stereocenters. The second kappa shape index (κ2) is 9.07. The quantitative estimate of drug-likeness (QED) is 0.277. The fourth-order valence-electron chi connectivity index (χ4n) is 3.39. The second-order valence-corrected chi connectivity index (χ2v) is 7.85. The van der Waals surface area contributed by atoms with Gasteiger partial charge < -0.3 is 14.2 Å². The fourth-order valence-corrected chi connectivity index (χ4v) is 4.22. The Morgan fingerprint density at radius 2 is 1.72 bits per heavy atom. The van der Waals surface area contributed by atoms with Crippen molar-refractivity contribution in [3.8, 4) is 11.3 Å². The molecule has 0 saturated carbocycles. The number of nitrogens with one attached hydrogen (secondary N) is 1. The van der Waals surface area contributed by atoms with Crippen molar-refractivity contribution < 1.29 is 13.6 Å². The Morgan fingerprint density at radius 1 is 0.938 bits per heavy atom. The van der Waals surface area contributed by atoms with E-state index in [4.69, 9.17) is 8.83 Å². The maximum atomic E-state index is 13.1. The van der Waals surface area contributed by atoms with Crippen LogP contribution in [0.15, 0.2) is 93.4 Å². The van der Waals surface area contributed by atoms with E-state index >= 15 is 0 Å². The van der Waals surface area contributed by atoms with Crippen LogP contribution in [0, 0.1) is 0 Å². The van der Waals surface area contributed by atoms with Crippen molar-refractivity contribution in [2.45, 2.75) is 17.5 Å². The van der Waals surface area contributed by atoms with Gasteiger partial charge in [-0.2, -0.15) is 0 Å². The number of fused-ring (bicyclic) bond motifs is 1. The van der Waals surface area contributed by atoms with Crippen LogP contribution >= 0.6 is 11.8 Å². The average Bonchev–Trinajstić information content (AvgIpc) is 3.47. The average molecular weight is 443 g/mol. The topological polar surface area (TPSA) is 94.1 Å². The highest BCUT2D eigenvalue weighted by atomic mass is 32.2. The molecule has 2 aromatic carbocycles. The number of amides is 1. The first kappa shape index (κ1) is 20.0. The Morgan fingerprint density at radius 3 is 2.56 bits per heavy atom. The van der Waals surface area contributed by atoms with Crippen molar-refractivity contribution in [3.05, 3.63) is 96.5 Å². The molecule has 1 N–H and O–H groups in total. The molecular weight excluding hydrogens is 424 g/mol. The number of hydrogen-bond donors (Lipinski definition) is 1. The SMILES string of the molecule is O=C(NCc1ncoc1-c1ccccc1)c1oc2ccccc2c1CSc1ncccn1. The van der Waals surface area contributed by atoms with Crippen LogP contribution in [0.2, 0.25) is 0 Å². The Balaban J connectivity index is 1.38. The third-order valence-electron chi connectivity index (χ3n) is 4.89. The predicted octanol–water partition coefficient (Wildman–Crippen LogP) is 5.10. The summed E-state index contributed by atoms with van der Waals surface area (Å²) >= 11 is 1.45. The number of rotatable bonds is 7. The monoisotopic (exact) mass is 442 g/mol. The molecule has 0 aliphatic rings. The molecule has 7 nitrogen and oxygen atoms in total. The largest absolute Gasteiger partial charge is 0.451 e. The highest BCUT2D eigenvalue weighted by Crippen LogP contribution is 2.31. The van der Waals surface area contributed by atoms with E-state index in [1.54, 1.807) is 18.5 Å². The maximum Gasteiger partial charge on any atom is 0.287 e. The number of furan rings is 1. The molecule has 3 heterocycles. The first-order chi connectivity index (χ1) is 15.8. The molecule has 0 aliphatic carbocycles. The van der Waals surface area contributed by atoms with E-state index in [-0.39, 0.29) is 18.2 Å².